The number of aryl methyl sites for hydroxylation is 1. The lowest BCUT2D eigenvalue weighted by molar-refractivity contribution is -0.128. The Morgan fingerprint density at radius 2 is 1.68 bits per heavy atom. The summed E-state index contributed by atoms with van der Waals surface area (Å²) in [5.41, 5.74) is 5.18. The molecule has 0 aromatic heterocycles. The molecule has 0 saturated carbocycles. The van der Waals surface area contributed by atoms with Gasteiger partial charge in [-0.15, -0.1) is 11.8 Å². The first kappa shape index (κ1) is 21.2. The fourth-order valence-corrected chi connectivity index (χ4v) is 4.87. The van der Waals surface area contributed by atoms with E-state index >= 15 is 0 Å². The van der Waals surface area contributed by atoms with Gasteiger partial charge in [0, 0.05) is 18.7 Å². The van der Waals surface area contributed by atoms with E-state index in [1.165, 1.54) is 11.1 Å². The van der Waals surface area contributed by atoms with E-state index < -0.39 is 0 Å². The molecule has 1 aliphatic rings. The van der Waals surface area contributed by atoms with E-state index in [0.29, 0.717) is 24.4 Å². The Bertz CT molecular complexity index is 1030. The van der Waals surface area contributed by atoms with E-state index in [2.05, 4.69) is 17.4 Å². The largest absolute Gasteiger partial charge is 0.348 e. The lowest BCUT2D eigenvalue weighted by Gasteiger charge is -2.24. The van der Waals surface area contributed by atoms with Gasteiger partial charge in [-0.2, -0.15) is 0 Å². The van der Waals surface area contributed by atoms with Crippen molar-refractivity contribution in [3.05, 3.63) is 107 Å². The molecule has 1 saturated heterocycles. The summed E-state index contributed by atoms with van der Waals surface area (Å²) in [6, 6.07) is 26.0. The zero-order valence-corrected chi connectivity index (χ0v) is 18.4. The summed E-state index contributed by atoms with van der Waals surface area (Å²) >= 11 is 1.65. The van der Waals surface area contributed by atoms with Crippen LogP contribution in [0, 0.1) is 6.92 Å². The Morgan fingerprint density at radius 3 is 2.39 bits per heavy atom. The lowest BCUT2D eigenvalue weighted by Crippen LogP contribution is -2.30. The van der Waals surface area contributed by atoms with Gasteiger partial charge in [-0.1, -0.05) is 72.3 Å². The summed E-state index contributed by atoms with van der Waals surface area (Å²) in [6.45, 7) is 3.24. The van der Waals surface area contributed by atoms with Crippen LogP contribution in [0.3, 0.4) is 0 Å². The first-order valence-corrected chi connectivity index (χ1v) is 11.5. The van der Waals surface area contributed by atoms with E-state index in [9.17, 15) is 9.59 Å². The van der Waals surface area contributed by atoms with Gasteiger partial charge in [-0.3, -0.25) is 9.59 Å². The predicted octanol–water partition coefficient (Wildman–Crippen LogP) is 4.74. The molecule has 2 amide bonds. The van der Waals surface area contributed by atoms with E-state index in [-0.39, 0.29) is 17.2 Å². The molecule has 3 aromatic carbocycles. The number of carbonyl (C=O) groups excluding carboxylic acids is 2. The molecule has 3 aromatic rings. The van der Waals surface area contributed by atoms with Crippen LogP contribution in [0.25, 0.3) is 0 Å². The molecule has 1 heterocycles. The quantitative estimate of drug-likeness (QED) is 0.589. The summed E-state index contributed by atoms with van der Waals surface area (Å²) in [5, 5.41) is 2.97. The molecular formula is C26H26N2O2S. The van der Waals surface area contributed by atoms with Crippen molar-refractivity contribution in [3.8, 4) is 0 Å². The molecule has 1 aliphatic heterocycles. The van der Waals surface area contributed by atoms with Gasteiger partial charge in [0.15, 0.2) is 0 Å². The van der Waals surface area contributed by atoms with Crippen LogP contribution < -0.4 is 5.32 Å². The van der Waals surface area contributed by atoms with Crippen molar-refractivity contribution < 1.29 is 9.59 Å². The molecule has 0 spiro atoms. The highest BCUT2D eigenvalue weighted by Gasteiger charge is 2.32. The summed E-state index contributed by atoms with van der Waals surface area (Å²) < 4.78 is 0. The Morgan fingerprint density at radius 1 is 0.968 bits per heavy atom. The van der Waals surface area contributed by atoms with Gasteiger partial charge in [0.1, 0.15) is 5.37 Å². The SMILES string of the molecule is Cc1ccc(CNC(=O)c2ccc([C@@H]3SCC(=O)N3CCc3ccccc3)cc2)cc1. The number of thioether (sulfide) groups is 1. The van der Waals surface area contributed by atoms with Crippen molar-refractivity contribution in [3.63, 3.8) is 0 Å². The van der Waals surface area contributed by atoms with Crippen LogP contribution in [0.4, 0.5) is 0 Å². The van der Waals surface area contributed by atoms with Gasteiger partial charge in [0.2, 0.25) is 5.91 Å². The molecule has 5 heteroatoms. The predicted molar refractivity (Wildman–Crippen MR) is 126 cm³/mol. The van der Waals surface area contributed by atoms with Gasteiger partial charge in [0.05, 0.1) is 5.75 Å². The van der Waals surface area contributed by atoms with Crippen LogP contribution in [-0.4, -0.2) is 29.0 Å². The zero-order chi connectivity index (χ0) is 21.6. The minimum Gasteiger partial charge on any atom is -0.348 e. The summed E-state index contributed by atoms with van der Waals surface area (Å²) in [4.78, 5) is 26.9. The molecule has 0 bridgehead atoms. The molecule has 0 unspecified atom stereocenters. The normalized spacial score (nSPS) is 15.8. The van der Waals surface area contributed by atoms with Gasteiger partial charge in [0.25, 0.3) is 5.91 Å². The summed E-state index contributed by atoms with van der Waals surface area (Å²) in [6.07, 6.45) is 0.836. The summed E-state index contributed by atoms with van der Waals surface area (Å²) in [7, 11) is 0. The molecule has 1 atom stereocenters. The number of benzene rings is 3. The van der Waals surface area contributed by atoms with Crippen LogP contribution in [0.2, 0.25) is 0 Å². The average Bonchev–Trinajstić information content (AvgIpc) is 3.18. The maximum Gasteiger partial charge on any atom is 0.251 e. The molecule has 0 radical (unpaired) electrons. The first-order chi connectivity index (χ1) is 15.1. The van der Waals surface area contributed by atoms with Crippen molar-refractivity contribution in [2.75, 3.05) is 12.3 Å². The van der Waals surface area contributed by atoms with E-state index in [1.807, 2.05) is 78.6 Å². The minimum atomic E-state index is -0.0942. The first-order valence-electron chi connectivity index (χ1n) is 10.5. The maximum absolute atomic E-state index is 12.5. The highest BCUT2D eigenvalue weighted by Crippen LogP contribution is 2.38. The van der Waals surface area contributed by atoms with Crippen LogP contribution >= 0.6 is 11.8 Å². The Kier molecular flexibility index (Phi) is 6.73. The van der Waals surface area contributed by atoms with Crippen molar-refractivity contribution >= 4 is 23.6 Å². The van der Waals surface area contributed by atoms with Crippen molar-refractivity contribution in [2.45, 2.75) is 25.3 Å². The van der Waals surface area contributed by atoms with Crippen LogP contribution in [0.5, 0.6) is 0 Å². The smallest absolute Gasteiger partial charge is 0.251 e. The summed E-state index contributed by atoms with van der Waals surface area (Å²) in [5.74, 6) is 0.576. The molecule has 0 aliphatic carbocycles. The second-order valence-electron chi connectivity index (χ2n) is 7.78. The third-order valence-electron chi connectivity index (χ3n) is 5.48. The highest BCUT2D eigenvalue weighted by molar-refractivity contribution is 8.00. The fraction of sp³-hybridized carbons (Fsp3) is 0.231. The minimum absolute atomic E-state index is 0.000817. The Hall–Kier alpha value is -3.05. The van der Waals surface area contributed by atoms with Crippen molar-refractivity contribution in [1.82, 2.24) is 10.2 Å². The highest BCUT2D eigenvalue weighted by atomic mass is 32.2. The van der Waals surface area contributed by atoms with E-state index in [4.69, 9.17) is 0 Å². The number of nitrogens with zero attached hydrogens (tertiary/aromatic N) is 1. The van der Waals surface area contributed by atoms with Crippen LogP contribution in [0.15, 0.2) is 78.9 Å². The van der Waals surface area contributed by atoms with Gasteiger partial charge >= 0.3 is 0 Å². The zero-order valence-electron chi connectivity index (χ0n) is 17.6. The number of carbonyl (C=O) groups is 2. The number of hydrogen-bond acceptors (Lipinski definition) is 3. The molecular weight excluding hydrogens is 404 g/mol. The topological polar surface area (TPSA) is 49.4 Å². The molecule has 1 N–H and O–H groups in total. The van der Waals surface area contributed by atoms with Crippen LogP contribution in [0.1, 0.15) is 38.0 Å². The number of amides is 2. The van der Waals surface area contributed by atoms with Crippen LogP contribution in [-0.2, 0) is 17.8 Å². The van der Waals surface area contributed by atoms with Gasteiger partial charge < -0.3 is 10.2 Å². The molecule has 1 fully saturated rings. The van der Waals surface area contributed by atoms with E-state index in [0.717, 1.165) is 17.5 Å². The Labute approximate surface area is 187 Å². The molecule has 31 heavy (non-hydrogen) atoms. The third kappa shape index (κ3) is 5.36. The molecule has 4 rings (SSSR count). The van der Waals surface area contributed by atoms with Crippen molar-refractivity contribution in [2.24, 2.45) is 0 Å². The van der Waals surface area contributed by atoms with Gasteiger partial charge in [-0.05, 0) is 42.2 Å². The maximum atomic E-state index is 12.5. The van der Waals surface area contributed by atoms with E-state index in [1.54, 1.807) is 11.8 Å². The van der Waals surface area contributed by atoms with Gasteiger partial charge in [-0.25, -0.2) is 0 Å². The second kappa shape index (κ2) is 9.84. The monoisotopic (exact) mass is 430 g/mol. The third-order valence-corrected chi connectivity index (χ3v) is 6.74. The standard InChI is InChI=1S/C26H26N2O2S/c1-19-7-9-21(10-8-19)17-27-25(30)22-11-13-23(14-12-22)26-28(24(29)18-31-26)16-15-20-5-3-2-4-6-20/h2-14,26H,15-18H2,1H3,(H,27,30)/t26-/m0/s1. The average molecular weight is 431 g/mol. The van der Waals surface area contributed by atoms with Crippen molar-refractivity contribution in [1.29, 1.82) is 0 Å². The number of nitrogens with one attached hydrogen (secondary N) is 1. The molecule has 4 nitrogen and oxygen atoms in total. The Balaban J connectivity index is 1.37. The lowest BCUT2D eigenvalue weighted by atomic mass is 10.1. The number of hydrogen-bond donors (Lipinski definition) is 1. The molecule has 158 valence electrons. The number of rotatable bonds is 7. The second-order valence-corrected chi connectivity index (χ2v) is 8.84. The fourth-order valence-electron chi connectivity index (χ4n) is 3.66.